The molecule has 1 aromatic rings. The average molecular weight is 265 g/mol. The number of aromatic hydroxyl groups is 1. The summed E-state index contributed by atoms with van der Waals surface area (Å²) in [6.45, 7) is 6.31. The van der Waals surface area contributed by atoms with Gasteiger partial charge in [-0.1, -0.05) is 25.5 Å². The van der Waals surface area contributed by atoms with Crippen molar-refractivity contribution in [3.8, 4) is 5.75 Å². The second-order valence-corrected chi connectivity index (χ2v) is 5.07. The lowest BCUT2D eigenvalue weighted by molar-refractivity contribution is 0.0849. The number of nitrogens with one attached hydrogen (secondary N) is 1. The largest absolute Gasteiger partial charge is 0.507 e. The van der Waals surface area contributed by atoms with E-state index in [0.29, 0.717) is 6.54 Å². The molecule has 0 aliphatic heterocycles. The van der Waals surface area contributed by atoms with E-state index in [1.54, 1.807) is 12.1 Å². The van der Waals surface area contributed by atoms with Gasteiger partial charge in [-0.05, 0) is 31.9 Å². The van der Waals surface area contributed by atoms with Gasteiger partial charge in [0.15, 0.2) is 0 Å². The van der Waals surface area contributed by atoms with Crippen LogP contribution in [0.2, 0.25) is 0 Å². The van der Waals surface area contributed by atoms with Gasteiger partial charge in [0.2, 0.25) is 0 Å². The topological polar surface area (TPSA) is 69.6 Å². The molecule has 0 spiro atoms. The Morgan fingerprint density at radius 2 is 1.95 bits per heavy atom. The lowest BCUT2D eigenvalue weighted by atomic mass is 9.83. The number of aliphatic hydroxyl groups is 1. The Bertz CT molecular complexity index is 431. The predicted molar refractivity (Wildman–Crippen MR) is 75.3 cm³/mol. The van der Waals surface area contributed by atoms with Crippen molar-refractivity contribution >= 4 is 5.91 Å². The summed E-state index contributed by atoms with van der Waals surface area (Å²) in [6.07, 6.45) is 1.58. The first-order valence-corrected chi connectivity index (χ1v) is 6.66. The van der Waals surface area contributed by atoms with E-state index in [1.807, 2.05) is 20.8 Å². The van der Waals surface area contributed by atoms with Gasteiger partial charge in [0.1, 0.15) is 5.75 Å². The summed E-state index contributed by atoms with van der Waals surface area (Å²) in [5.74, 6) is -0.327. The van der Waals surface area contributed by atoms with E-state index in [9.17, 15) is 15.0 Å². The van der Waals surface area contributed by atoms with Crippen LogP contribution in [-0.4, -0.2) is 29.3 Å². The molecule has 1 rings (SSSR count). The minimum absolute atomic E-state index is 0.0225. The molecule has 1 aromatic carbocycles. The fourth-order valence-electron chi connectivity index (χ4n) is 1.97. The highest BCUT2D eigenvalue weighted by Gasteiger charge is 2.26. The molecule has 106 valence electrons. The third-order valence-electron chi connectivity index (χ3n) is 3.86. The molecule has 3 N–H and O–H groups in total. The molecule has 0 bridgehead atoms. The van der Waals surface area contributed by atoms with Crippen LogP contribution in [0.1, 0.15) is 42.6 Å². The molecule has 19 heavy (non-hydrogen) atoms. The first kappa shape index (κ1) is 15.5. The number of carbonyl (C=O) groups is 1. The lowest BCUT2D eigenvalue weighted by Crippen LogP contribution is -2.39. The van der Waals surface area contributed by atoms with Gasteiger partial charge in [-0.2, -0.15) is 0 Å². The summed E-state index contributed by atoms with van der Waals surface area (Å²) < 4.78 is 0. The quantitative estimate of drug-likeness (QED) is 0.738. The Balaban J connectivity index is 2.77. The number of phenols is 1. The maximum Gasteiger partial charge on any atom is 0.255 e. The molecule has 0 saturated carbocycles. The highest BCUT2D eigenvalue weighted by atomic mass is 16.3. The summed E-state index contributed by atoms with van der Waals surface area (Å²) in [5, 5.41) is 22.0. The van der Waals surface area contributed by atoms with Crippen molar-refractivity contribution in [1.29, 1.82) is 0 Å². The van der Waals surface area contributed by atoms with Crippen molar-refractivity contribution in [2.24, 2.45) is 5.41 Å². The van der Waals surface area contributed by atoms with Gasteiger partial charge >= 0.3 is 0 Å². The normalized spacial score (nSPS) is 11.4. The molecule has 0 aromatic heterocycles. The fourth-order valence-corrected chi connectivity index (χ4v) is 1.97. The summed E-state index contributed by atoms with van der Waals surface area (Å²) in [7, 11) is 0. The van der Waals surface area contributed by atoms with Crippen molar-refractivity contribution < 1.29 is 15.0 Å². The third-order valence-corrected chi connectivity index (χ3v) is 3.86. The second kappa shape index (κ2) is 6.57. The number of hydrogen-bond donors (Lipinski definition) is 3. The first-order chi connectivity index (χ1) is 8.98. The van der Waals surface area contributed by atoms with Gasteiger partial charge < -0.3 is 15.5 Å². The van der Waals surface area contributed by atoms with Crippen LogP contribution in [0.5, 0.6) is 5.75 Å². The molecular formula is C15H23NO3. The van der Waals surface area contributed by atoms with E-state index in [2.05, 4.69) is 5.32 Å². The molecule has 0 aliphatic carbocycles. The van der Waals surface area contributed by atoms with Crippen LogP contribution in [-0.2, 0) is 0 Å². The van der Waals surface area contributed by atoms with E-state index in [4.69, 9.17) is 0 Å². The summed E-state index contributed by atoms with van der Waals surface area (Å²) in [5.41, 5.74) is 0.913. The Morgan fingerprint density at radius 3 is 2.47 bits per heavy atom. The number of carbonyl (C=O) groups excluding carboxylic acids is 1. The number of amides is 1. The molecular weight excluding hydrogens is 242 g/mol. The van der Waals surface area contributed by atoms with Gasteiger partial charge in [-0.25, -0.2) is 0 Å². The van der Waals surface area contributed by atoms with Crippen molar-refractivity contribution in [3.05, 3.63) is 29.3 Å². The Morgan fingerprint density at radius 1 is 1.32 bits per heavy atom. The zero-order chi connectivity index (χ0) is 14.5. The van der Waals surface area contributed by atoms with Gasteiger partial charge in [-0.3, -0.25) is 4.79 Å². The zero-order valence-electron chi connectivity index (χ0n) is 11.9. The van der Waals surface area contributed by atoms with Gasteiger partial charge in [-0.15, -0.1) is 0 Å². The number of phenolic OH excluding ortho intramolecular Hbond substituents is 1. The van der Waals surface area contributed by atoms with E-state index in [-0.39, 0.29) is 29.2 Å². The lowest BCUT2D eigenvalue weighted by Gasteiger charge is -2.29. The highest BCUT2D eigenvalue weighted by Crippen LogP contribution is 2.25. The first-order valence-electron chi connectivity index (χ1n) is 6.66. The predicted octanol–water partition coefficient (Wildman–Crippen LogP) is 2.23. The van der Waals surface area contributed by atoms with Gasteiger partial charge in [0.25, 0.3) is 5.91 Å². The number of rotatable bonds is 6. The maximum absolute atomic E-state index is 12.1. The van der Waals surface area contributed by atoms with E-state index < -0.39 is 0 Å². The van der Waals surface area contributed by atoms with Crippen LogP contribution in [0.15, 0.2) is 18.2 Å². The van der Waals surface area contributed by atoms with Crippen LogP contribution in [0.3, 0.4) is 0 Å². The van der Waals surface area contributed by atoms with E-state index >= 15 is 0 Å². The monoisotopic (exact) mass is 265 g/mol. The second-order valence-electron chi connectivity index (χ2n) is 5.07. The van der Waals surface area contributed by atoms with E-state index in [0.717, 1.165) is 18.4 Å². The summed E-state index contributed by atoms with van der Waals surface area (Å²) in [4.78, 5) is 12.1. The molecule has 0 fully saturated rings. The average Bonchev–Trinajstić information content (AvgIpc) is 2.43. The van der Waals surface area contributed by atoms with Crippen LogP contribution >= 0.6 is 0 Å². The molecule has 4 heteroatoms. The van der Waals surface area contributed by atoms with Crippen LogP contribution in [0.4, 0.5) is 0 Å². The fraction of sp³-hybridized carbons (Fsp3) is 0.533. The van der Waals surface area contributed by atoms with Crippen molar-refractivity contribution in [2.75, 3.05) is 13.2 Å². The molecule has 0 unspecified atom stereocenters. The highest BCUT2D eigenvalue weighted by molar-refractivity contribution is 5.97. The van der Waals surface area contributed by atoms with Crippen molar-refractivity contribution in [3.63, 3.8) is 0 Å². The SMILES string of the molecule is CCC(CC)(CO)CNC(=O)c1cc(C)ccc1O. The standard InChI is InChI=1S/C15H23NO3/c1-4-15(5-2,10-17)9-16-14(19)12-8-11(3)6-7-13(12)18/h6-8,17-18H,4-5,9-10H2,1-3H3,(H,16,19). The third kappa shape index (κ3) is 3.70. The molecule has 0 heterocycles. The number of hydrogen-bond acceptors (Lipinski definition) is 3. The molecule has 0 aliphatic rings. The van der Waals surface area contributed by atoms with E-state index in [1.165, 1.54) is 6.07 Å². The zero-order valence-corrected chi connectivity index (χ0v) is 11.9. The van der Waals surface area contributed by atoms with Crippen LogP contribution < -0.4 is 5.32 Å². The molecule has 1 amide bonds. The Kier molecular flexibility index (Phi) is 5.36. The maximum atomic E-state index is 12.1. The van der Waals surface area contributed by atoms with Crippen molar-refractivity contribution in [1.82, 2.24) is 5.32 Å². The minimum atomic E-state index is -0.305. The van der Waals surface area contributed by atoms with Gasteiger partial charge in [0.05, 0.1) is 12.2 Å². The number of benzene rings is 1. The molecule has 0 radical (unpaired) electrons. The number of aliphatic hydroxyl groups excluding tert-OH is 1. The summed E-state index contributed by atoms with van der Waals surface area (Å²) >= 11 is 0. The number of aryl methyl sites for hydroxylation is 1. The summed E-state index contributed by atoms with van der Waals surface area (Å²) in [6, 6.07) is 4.93. The molecule has 0 atom stereocenters. The Labute approximate surface area is 114 Å². The molecule has 0 saturated heterocycles. The molecule has 4 nitrogen and oxygen atoms in total. The van der Waals surface area contributed by atoms with Crippen LogP contribution in [0.25, 0.3) is 0 Å². The van der Waals surface area contributed by atoms with Gasteiger partial charge in [0, 0.05) is 12.0 Å². The van der Waals surface area contributed by atoms with Crippen molar-refractivity contribution in [2.45, 2.75) is 33.6 Å². The van der Waals surface area contributed by atoms with Crippen LogP contribution in [0, 0.1) is 12.3 Å². The smallest absolute Gasteiger partial charge is 0.255 e. The Hall–Kier alpha value is -1.55. The minimum Gasteiger partial charge on any atom is -0.507 e.